The number of hydrogen-bond acceptors (Lipinski definition) is 4. The third kappa shape index (κ3) is 2.86. The molecule has 2 aliphatic rings. The van der Waals surface area contributed by atoms with Crippen molar-refractivity contribution >= 4 is 5.97 Å². The van der Waals surface area contributed by atoms with Gasteiger partial charge in [-0.2, -0.15) is 0 Å². The lowest BCUT2D eigenvalue weighted by Gasteiger charge is -2.36. The molecular formula is C14H26N2O2. The normalized spacial score (nSPS) is 22.9. The standard InChI is InChI=1S/C14H26N2O2/c1-4-16(5-2)10-14(11-6-7-11,13(17)18-3)15-12-8-9-12/h11-12,15H,4-10H2,1-3H3. The highest BCUT2D eigenvalue weighted by Crippen LogP contribution is 2.42. The first-order valence-corrected chi connectivity index (χ1v) is 7.24. The Morgan fingerprint density at radius 3 is 2.28 bits per heavy atom. The number of rotatable bonds is 8. The molecule has 0 aliphatic heterocycles. The van der Waals surface area contributed by atoms with Crippen molar-refractivity contribution in [3.8, 4) is 0 Å². The summed E-state index contributed by atoms with van der Waals surface area (Å²) in [7, 11) is 1.51. The van der Waals surface area contributed by atoms with Crippen molar-refractivity contribution in [3.05, 3.63) is 0 Å². The Morgan fingerprint density at radius 1 is 1.28 bits per heavy atom. The minimum Gasteiger partial charge on any atom is -0.468 e. The highest BCUT2D eigenvalue weighted by molar-refractivity contribution is 5.82. The summed E-state index contributed by atoms with van der Waals surface area (Å²) in [6.45, 7) is 7.04. The number of nitrogens with one attached hydrogen (secondary N) is 1. The van der Waals surface area contributed by atoms with Crippen LogP contribution in [0.3, 0.4) is 0 Å². The average Bonchev–Trinajstić information content (AvgIpc) is 3.25. The van der Waals surface area contributed by atoms with Crippen LogP contribution in [0, 0.1) is 5.92 Å². The Bertz CT molecular complexity index is 296. The van der Waals surface area contributed by atoms with Crippen molar-refractivity contribution in [2.75, 3.05) is 26.7 Å². The summed E-state index contributed by atoms with van der Waals surface area (Å²) in [5, 5.41) is 3.60. The first-order valence-electron chi connectivity index (χ1n) is 7.24. The molecule has 0 aromatic rings. The molecule has 18 heavy (non-hydrogen) atoms. The first-order chi connectivity index (χ1) is 8.66. The topological polar surface area (TPSA) is 41.6 Å². The minimum atomic E-state index is -0.456. The molecule has 2 rings (SSSR count). The van der Waals surface area contributed by atoms with Crippen LogP contribution < -0.4 is 5.32 Å². The van der Waals surface area contributed by atoms with E-state index in [-0.39, 0.29) is 5.97 Å². The summed E-state index contributed by atoms with van der Waals surface area (Å²) in [5.74, 6) is 0.398. The quantitative estimate of drug-likeness (QED) is 0.665. The zero-order valence-corrected chi connectivity index (χ0v) is 11.9. The van der Waals surface area contributed by atoms with E-state index in [1.165, 1.54) is 20.0 Å². The van der Waals surface area contributed by atoms with Gasteiger partial charge in [0, 0.05) is 12.6 Å². The van der Waals surface area contributed by atoms with Crippen LogP contribution in [0.15, 0.2) is 0 Å². The fraction of sp³-hybridized carbons (Fsp3) is 0.929. The molecule has 0 saturated heterocycles. The number of esters is 1. The van der Waals surface area contributed by atoms with Crippen molar-refractivity contribution in [2.45, 2.75) is 51.1 Å². The molecule has 104 valence electrons. The van der Waals surface area contributed by atoms with Crippen LogP contribution in [-0.4, -0.2) is 49.2 Å². The van der Waals surface area contributed by atoms with E-state index in [4.69, 9.17) is 4.74 Å². The number of ether oxygens (including phenoxy) is 1. The fourth-order valence-corrected chi connectivity index (χ4v) is 2.73. The number of carbonyl (C=O) groups excluding carboxylic acids is 1. The molecule has 0 spiro atoms. The molecule has 2 saturated carbocycles. The Balaban J connectivity index is 2.14. The summed E-state index contributed by atoms with van der Waals surface area (Å²) >= 11 is 0. The summed E-state index contributed by atoms with van der Waals surface area (Å²) in [5.41, 5.74) is -0.456. The Hall–Kier alpha value is -0.610. The molecule has 0 radical (unpaired) electrons. The monoisotopic (exact) mass is 254 g/mol. The highest BCUT2D eigenvalue weighted by atomic mass is 16.5. The molecule has 0 bridgehead atoms. The SMILES string of the molecule is CCN(CC)CC(NC1CC1)(C(=O)OC)C1CC1. The molecule has 0 aromatic carbocycles. The number of nitrogens with zero attached hydrogens (tertiary/aromatic N) is 1. The predicted molar refractivity (Wildman–Crippen MR) is 71.4 cm³/mol. The lowest BCUT2D eigenvalue weighted by molar-refractivity contribution is -0.151. The molecule has 2 fully saturated rings. The molecule has 1 unspecified atom stereocenters. The predicted octanol–water partition coefficient (Wildman–Crippen LogP) is 1.40. The lowest BCUT2D eigenvalue weighted by atomic mass is 9.91. The van der Waals surface area contributed by atoms with Crippen LogP contribution in [0.2, 0.25) is 0 Å². The fourth-order valence-electron chi connectivity index (χ4n) is 2.73. The molecule has 0 aromatic heterocycles. The van der Waals surface area contributed by atoms with E-state index in [2.05, 4.69) is 24.1 Å². The van der Waals surface area contributed by atoms with Crippen LogP contribution in [0.5, 0.6) is 0 Å². The number of likely N-dealkylation sites (N-methyl/N-ethyl adjacent to an activating group) is 1. The van der Waals surface area contributed by atoms with Gasteiger partial charge in [0.2, 0.25) is 0 Å². The second kappa shape index (κ2) is 5.57. The van der Waals surface area contributed by atoms with E-state index >= 15 is 0 Å². The molecule has 2 aliphatic carbocycles. The van der Waals surface area contributed by atoms with Gasteiger partial charge in [0.1, 0.15) is 5.54 Å². The van der Waals surface area contributed by atoms with Gasteiger partial charge in [-0.15, -0.1) is 0 Å². The van der Waals surface area contributed by atoms with Gasteiger partial charge in [-0.05, 0) is 44.7 Å². The summed E-state index contributed by atoms with van der Waals surface area (Å²) in [4.78, 5) is 14.7. The summed E-state index contributed by atoms with van der Waals surface area (Å²) in [6, 6.07) is 0.528. The van der Waals surface area contributed by atoms with Crippen molar-refractivity contribution in [3.63, 3.8) is 0 Å². The minimum absolute atomic E-state index is 0.0659. The molecular weight excluding hydrogens is 228 g/mol. The van der Waals surface area contributed by atoms with Gasteiger partial charge in [-0.1, -0.05) is 13.8 Å². The maximum atomic E-state index is 12.3. The molecule has 0 amide bonds. The molecule has 4 heteroatoms. The van der Waals surface area contributed by atoms with Gasteiger partial charge >= 0.3 is 5.97 Å². The van der Waals surface area contributed by atoms with Gasteiger partial charge < -0.3 is 9.64 Å². The first kappa shape index (κ1) is 13.8. The summed E-state index contributed by atoms with van der Waals surface area (Å²) in [6.07, 6.45) is 4.69. The van der Waals surface area contributed by atoms with Gasteiger partial charge in [0.25, 0.3) is 0 Å². The highest BCUT2D eigenvalue weighted by Gasteiger charge is 2.54. The smallest absolute Gasteiger partial charge is 0.327 e. The third-order valence-corrected chi connectivity index (χ3v) is 4.23. The van der Waals surface area contributed by atoms with Crippen molar-refractivity contribution in [1.82, 2.24) is 10.2 Å². The maximum Gasteiger partial charge on any atom is 0.327 e. The zero-order valence-electron chi connectivity index (χ0n) is 11.9. The van der Waals surface area contributed by atoms with Gasteiger partial charge in [0.15, 0.2) is 0 Å². The molecule has 0 heterocycles. The molecule has 1 atom stereocenters. The summed E-state index contributed by atoms with van der Waals surface area (Å²) < 4.78 is 5.11. The van der Waals surface area contributed by atoms with E-state index in [9.17, 15) is 4.79 Å². The lowest BCUT2D eigenvalue weighted by Crippen LogP contribution is -2.61. The van der Waals surface area contributed by atoms with Crippen molar-refractivity contribution in [2.24, 2.45) is 5.92 Å². The van der Waals surface area contributed by atoms with E-state index < -0.39 is 5.54 Å². The zero-order chi connectivity index (χ0) is 13.2. The van der Waals surface area contributed by atoms with E-state index in [0.29, 0.717) is 12.0 Å². The van der Waals surface area contributed by atoms with Crippen molar-refractivity contribution in [1.29, 1.82) is 0 Å². The number of carbonyl (C=O) groups is 1. The van der Waals surface area contributed by atoms with Gasteiger partial charge in [0.05, 0.1) is 7.11 Å². The Kier molecular flexibility index (Phi) is 4.28. The molecule has 1 N–H and O–H groups in total. The maximum absolute atomic E-state index is 12.3. The number of methoxy groups -OCH3 is 1. The van der Waals surface area contributed by atoms with Crippen molar-refractivity contribution < 1.29 is 9.53 Å². The Morgan fingerprint density at radius 2 is 1.89 bits per heavy atom. The van der Waals surface area contributed by atoms with Crippen LogP contribution in [0.4, 0.5) is 0 Å². The third-order valence-electron chi connectivity index (χ3n) is 4.23. The second-order valence-corrected chi connectivity index (χ2v) is 5.62. The number of hydrogen-bond donors (Lipinski definition) is 1. The van der Waals surface area contributed by atoms with E-state index in [0.717, 1.165) is 32.5 Å². The van der Waals surface area contributed by atoms with Crippen LogP contribution in [0.25, 0.3) is 0 Å². The molecule has 4 nitrogen and oxygen atoms in total. The van der Waals surface area contributed by atoms with Crippen LogP contribution >= 0.6 is 0 Å². The van der Waals surface area contributed by atoms with Gasteiger partial charge in [-0.25, -0.2) is 4.79 Å². The van der Waals surface area contributed by atoms with Crippen LogP contribution in [-0.2, 0) is 9.53 Å². The van der Waals surface area contributed by atoms with E-state index in [1.807, 2.05) is 0 Å². The van der Waals surface area contributed by atoms with Crippen LogP contribution in [0.1, 0.15) is 39.5 Å². The van der Waals surface area contributed by atoms with E-state index in [1.54, 1.807) is 0 Å². The Labute approximate surface area is 110 Å². The van der Waals surface area contributed by atoms with Gasteiger partial charge in [-0.3, -0.25) is 5.32 Å². The largest absolute Gasteiger partial charge is 0.468 e. The second-order valence-electron chi connectivity index (χ2n) is 5.62. The average molecular weight is 254 g/mol.